The topological polar surface area (TPSA) is 92.4 Å². The quantitative estimate of drug-likeness (QED) is 0.333. The van der Waals surface area contributed by atoms with Crippen molar-refractivity contribution >= 4 is 12.3 Å². The van der Waals surface area contributed by atoms with Gasteiger partial charge in [-0.15, -0.1) is 0 Å². The van der Waals surface area contributed by atoms with E-state index in [0.29, 0.717) is 6.29 Å². The lowest BCUT2D eigenvalue weighted by atomic mass is 10.2. The molecule has 0 aliphatic carbocycles. The number of carboxylic acid groups (broad SMARTS) is 1. The van der Waals surface area contributed by atoms with Gasteiger partial charge in [-0.05, 0) is 6.92 Å². The molecule has 0 aliphatic rings. The first kappa shape index (κ1) is 9.06. The Balaban J connectivity index is 3.67. The minimum atomic E-state index is -1.24. The van der Waals surface area contributed by atoms with Crippen molar-refractivity contribution in [3.63, 3.8) is 0 Å². The highest BCUT2D eigenvalue weighted by molar-refractivity contribution is 5.71. The van der Waals surface area contributed by atoms with E-state index in [9.17, 15) is 9.59 Å². The number of carbonyl (C=O) groups is 2. The molecular formula is C5H10N2O3. The van der Waals surface area contributed by atoms with E-state index in [4.69, 9.17) is 10.8 Å². The lowest BCUT2D eigenvalue weighted by Gasteiger charge is -2.16. The van der Waals surface area contributed by atoms with Crippen LogP contribution in [0.4, 0.5) is 0 Å². The number of aliphatic carboxylic acids is 1. The van der Waals surface area contributed by atoms with Gasteiger partial charge in [-0.1, -0.05) is 0 Å². The molecule has 0 heterocycles. The number of carboxylic acids is 1. The molecule has 0 radical (unpaired) electrons. The molecular weight excluding hydrogens is 136 g/mol. The number of hydrogen-bond acceptors (Lipinski definition) is 4. The molecule has 4 N–H and O–H groups in total. The zero-order chi connectivity index (χ0) is 8.20. The lowest BCUT2D eigenvalue weighted by Crippen LogP contribution is -2.53. The van der Waals surface area contributed by atoms with Gasteiger partial charge in [0.15, 0.2) is 6.29 Å². The predicted molar refractivity (Wildman–Crippen MR) is 34.3 cm³/mol. The van der Waals surface area contributed by atoms with Crippen LogP contribution < -0.4 is 11.1 Å². The van der Waals surface area contributed by atoms with Crippen LogP contribution in [0.3, 0.4) is 0 Å². The van der Waals surface area contributed by atoms with E-state index in [2.05, 4.69) is 5.32 Å². The smallest absolute Gasteiger partial charge is 0.317 e. The van der Waals surface area contributed by atoms with Gasteiger partial charge in [-0.2, -0.15) is 0 Å². The maximum Gasteiger partial charge on any atom is 0.317 e. The summed E-state index contributed by atoms with van der Waals surface area (Å²) >= 11 is 0. The van der Waals surface area contributed by atoms with Gasteiger partial charge in [0.1, 0.15) is 5.66 Å². The number of nitrogens with one attached hydrogen (secondary N) is 1. The SMILES string of the molecule is CC(N)(C=O)NCC(=O)O. The molecule has 0 saturated carbocycles. The third-order valence-electron chi connectivity index (χ3n) is 0.865. The molecule has 1 unspecified atom stereocenters. The molecule has 0 aromatic carbocycles. The molecule has 0 spiro atoms. The molecule has 0 aromatic rings. The van der Waals surface area contributed by atoms with Crippen LogP contribution in [0.25, 0.3) is 0 Å². The average Bonchev–Trinajstić information content (AvgIpc) is 1.85. The van der Waals surface area contributed by atoms with Crippen molar-refractivity contribution in [2.24, 2.45) is 5.73 Å². The van der Waals surface area contributed by atoms with Crippen LogP contribution in [0, 0.1) is 0 Å². The normalized spacial score (nSPS) is 15.8. The molecule has 0 aliphatic heterocycles. The molecule has 0 rings (SSSR count). The lowest BCUT2D eigenvalue weighted by molar-refractivity contribution is -0.136. The summed E-state index contributed by atoms with van der Waals surface area (Å²) < 4.78 is 0. The van der Waals surface area contributed by atoms with E-state index in [1.54, 1.807) is 0 Å². The Labute approximate surface area is 58.2 Å². The van der Waals surface area contributed by atoms with Crippen LogP contribution in [-0.4, -0.2) is 29.6 Å². The molecule has 0 amide bonds. The maximum atomic E-state index is 10.1. The highest BCUT2D eigenvalue weighted by atomic mass is 16.4. The number of rotatable bonds is 4. The molecule has 0 bridgehead atoms. The second-order valence-electron chi connectivity index (χ2n) is 2.15. The van der Waals surface area contributed by atoms with E-state index in [1.165, 1.54) is 6.92 Å². The van der Waals surface area contributed by atoms with Gasteiger partial charge >= 0.3 is 5.97 Å². The van der Waals surface area contributed by atoms with Crippen LogP contribution in [0.5, 0.6) is 0 Å². The average molecular weight is 146 g/mol. The third-order valence-corrected chi connectivity index (χ3v) is 0.865. The first-order valence-corrected chi connectivity index (χ1v) is 2.70. The number of nitrogens with two attached hydrogens (primary N) is 1. The summed E-state index contributed by atoms with van der Waals surface area (Å²) in [6, 6.07) is 0. The fraction of sp³-hybridized carbons (Fsp3) is 0.600. The summed E-state index contributed by atoms with van der Waals surface area (Å²) in [4.78, 5) is 20.0. The van der Waals surface area contributed by atoms with Crippen LogP contribution in [0.1, 0.15) is 6.92 Å². The Kier molecular flexibility index (Phi) is 2.98. The zero-order valence-electron chi connectivity index (χ0n) is 5.63. The Morgan fingerprint density at radius 2 is 2.40 bits per heavy atom. The first-order chi connectivity index (χ1) is 4.48. The highest BCUT2D eigenvalue weighted by Crippen LogP contribution is 1.84. The minimum absolute atomic E-state index is 0.314. The monoisotopic (exact) mass is 146 g/mol. The third kappa shape index (κ3) is 3.99. The van der Waals surface area contributed by atoms with Crippen LogP contribution >= 0.6 is 0 Å². The molecule has 0 fully saturated rings. The first-order valence-electron chi connectivity index (χ1n) is 2.70. The summed E-state index contributed by atoms with van der Waals surface area (Å²) in [5.74, 6) is -1.04. The summed E-state index contributed by atoms with van der Waals surface area (Å²) in [5, 5.41) is 10.5. The van der Waals surface area contributed by atoms with E-state index in [1.807, 2.05) is 0 Å². The van der Waals surface area contributed by atoms with Crippen molar-refractivity contribution in [3.05, 3.63) is 0 Å². The van der Waals surface area contributed by atoms with Gasteiger partial charge in [0.2, 0.25) is 0 Å². The summed E-state index contributed by atoms with van der Waals surface area (Å²) in [5.41, 5.74) is 3.98. The second kappa shape index (κ2) is 3.28. The summed E-state index contributed by atoms with van der Waals surface area (Å²) in [6.07, 6.45) is 0.454. The Bertz CT molecular complexity index is 144. The zero-order valence-corrected chi connectivity index (χ0v) is 5.63. The molecule has 0 aromatic heterocycles. The molecule has 0 saturated heterocycles. The van der Waals surface area contributed by atoms with Crippen molar-refractivity contribution in [1.29, 1.82) is 0 Å². The van der Waals surface area contributed by atoms with Crippen molar-refractivity contribution in [1.82, 2.24) is 5.32 Å². The fourth-order valence-electron chi connectivity index (χ4n) is 0.308. The van der Waals surface area contributed by atoms with Crippen molar-refractivity contribution in [3.8, 4) is 0 Å². The second-order valence-corrected chi connectivity index (χ2v) is 2.15. The largest absolute Gasteiger partial charge is 0.480 e. The molecule has 5 nitrogen and oxygen atoms in total. The Morgan fingerprint density at radius 1 is 1.90 bits per heavy atom. The van der Waals surface area contributed by atoms with Gasteiger partial charge < -0.3 is 10.8 Å². The van der Waals surface area contributed by atoms with Gasteiger partial charge in [0, 0.05) is 0 Å². The van der Waals surface area contributed by atoms with Crippen LogP contribution in [0.15, 0.2) is 0 Å². The summed E-state index contributed by atoms with van der Waals surface area (Å²) in [7, 11) is 0. The van der Waals surface area contributed by atoms with E-state index in [0.717, 1.165) is 0 Å². The Hall–Kier alpha value is -0.940. The number of hydrogen-bond donors (Lipinski definition) is 3. The number of carbonyl (C=O) groups excluding carboxylic acids is 1. The van der Waals surface area contributed by atoms with Gasteiger partial charge in [-0.3, -0.25) is 14.9 Å². The van der Waals surface area contributed by atoms with Gasteiger partial charge in [-0.25, -0.2) is 0 Å². The van der Waals surface area contributed by atoms with Crippen LogP contribution in [0.2, 0.25) is 0 Å². The maximum absolute atomic E-state index is 10.1. The molecule has 58 valence electrons. The van der Waals surface area contributed by atoms with E-state index in [-0.39, 0.29) is 6.54 Å². The minimum Gasteiger partial charge on any atom is -0.480 e. The molecule has 1 atom stereocenters. The summed E-state index contributed by atoms with van der Waals surface area (Å²) in [6.45, 7) is 1.08. The molecule has 5 heteroatoms. The van der Waals surface area contributed by atoms with E-state index < -0.39 is 11.6 Å². The predicted octanol–water partition coefficient (Wildman–Crippen LogP) is -1.47. The van der Waals surface area contributed by atoms with Gasteiger partial charge in [0.05, 0.1) is 6.54 Å². The van der Waals surface area contributed by atoms with Crippen LogP contribution in [-0.2, 0) is 9.59 Å². The van der Waals surface area contributed by atoms with Crippen molar-refractivity contribution in [2.45, 2.75) is 12.6 Å². The Morgan fingerprint density at radius 3 is 2.70 bits per heavy atom. The standard InChI is InChI=1S/C5H10N2O3/c1-5(6,3-8)7-2-4(9)10/h3,7H,2,6H2,1H3,(H,9,10). The fourth-order valence-corrected chi connectivity index (χ4v) is 0.308. The van der Waals surface area contributed by atoms with Crippen molar-refractivity contribution in [2.75, 3.05) is 6.54 Å². The van der Waals surface area contributed by atoms with E-state index >= 15 is 0 Å². The van der Waals surface area contributed by atoms with Crippen molar-refractivity contribution < 1.29 is 14.7 Å². The highest BCUT2D eigenvalue weighted by Gasteiger charge is 2.16. The van der Waals surface area contributed by atoms with Gasteiger partial charge in [0.25, 0.3) is 0 Å². The number of aldehydes is 1. The molecule has 10 heavy (non-hydrogen) atoms.